The maximum absolute atomic E-state index is 13.3. The van der Waals surface area contributed by atoms with E-state index in [-0.39, 0.29) is 0 Å². The van der Waals surface area contributed by atoms with Crippen molar-refractivity contribution >= 4 is 11.7 Å². The van der Waals surface area contributed by atoms with E-state index in [0.29, 0.717) is 11.5 Å². The highest BCUT2D eigenvalue weighted by atomic mass is 19.4. The van der Waals surface area contributed by atoms with Crippen molar-refractivity contribution in [2.24, 2.45) is 0 Å². The zero-order chi connectivity index (χ0) is 19.6. The van der Waals surface area contributed by atoms with Crippen molar-refractivity contribution in [2.75, 3.05) is 5.32 Å². The predicted molar refractivity (Wildman–Crippen MR) is 93.6 cm³/mol. The molecular formula is C18H18F3N5O. The number of halogens is 3. The number of nitrogens with zero attached hydrogens (tertiary/aromatic N) is 4. The first-order valence-electron chi connectivity index (χ1n) is 8.24. The maximum Gasteiger partial charge on any atom is 0.411 e. The predicted octanol–water partition coefficient (Wildman–Crippen LogP) is 3.82. The SMILES string of the molecule is Cc1cc(NC(=O)CC(n2cccn2)C(F)(F)F)n(-c2ccccc2C)n1. The van der Waals surface area contributed by atoms with Crippen LogP contribution in [0.2, 0.25) is 0 Å². The van der Waals surface area contributed by atoms with Crippen LogP contribution in [-0.4, -0.2) is 31.6 Å². The summed E-state index contributed by atoms with van der Waals surface area (Å²) < 4.78 is 42.2. The molecule has 3 rings (SSSR count). The molecule has 0 saturated carbocycles. The standard InChI is InChI=1S/C18H18F3N5O/c1-12-6-3-4-7-14(12)26-16(10-13(2)24-26)23-17(27)11-15(18(19,20)21)25-9-5-8-22-25/h3-10,15H,11H2,1-2H3,(H,23,27). The number of hydrogen-bond donors (Lipinski definition) is 1. The number of aryl methyl sites for hydroxylation is 2. The number of alkyl halides is 3. The highest BCUT2D eigenvalue weighted by molar-refractivity contribution is 5.90. The van der Waals surface area contributed by atoms with Gasteiger partial charge in [0.2, 0.25) is 5.91 Å². The average molecular weight is 377 g/mol. The topological polar surface area (TPSA) is 64.7 Å². The monoisotopic (exact) mass is 377 g/mol. The quantitative estimate of drug-likeness (QED) is 0.735. The van der Waals surface area contributed by atoms with E-state index in [1.165, 1.54) is 23.1 Å². The van der Waals surface area contributed by atoms with E-state index in [1.54, 1.807) is 13.0 Å². The van der Waals surface area contributed by atoms with Gasteiger partial charge in [0.1, 0.15) is 5.82 Å². The highest BCUT2D eigenvalue weighted by Crippen LogP contribution is 2.33. The van der Waals surface area contributed by atoms with Gasteiger partial charge in [-0.15, -0.1) is 0 Å². The van der Waals surface area contributed by atoms with Crippen LogP contribution in [0.4, 0.5) is 19.0 Å². The van der Waals surface area contributed by atoms with Crippen LogP contribution in [-0.2, 0) is 4.79 Å². The molecule has 1 aromatic carbocycles. The van der Waals surface area contributed by atoms with Gasteiger partial charge in [-0.1, -0.05) is 18.2 Å². The lowest BCUT2D eigenvalue weighted by molar-refractivity contribution is -0.174. The molecule has 0 radical (unpaired) electrons. The van der Waals surface area contributed by atoms with Crippen molar-refractivity contribution in [2.45, 2.75) is 32.5 Å². The second kappa shape index (κ2) is 7.26. The van der Waals surface area contributed by atoms with E-state index in [4.69, 9.17) is 0 Å². The Balaban J connectivity index is 1.84. The first-order chi connectivity index (χ1) is 12.8. The summed E-state index contributed by atoms with van der Waals surface area (Å²) in [5.74, 6) is -0.462. The van der Waals surface area contributed by atoms with Gasteiger partial charge in [-0.3, -0.25) is 9.48 Å². The summed E-state index contributed by atoms with van der Waals surface area (Å²) in [7, 11) is 0. The van der Waals surface area contributed by atoms with Crippen LogP contribution < -0.4 is 5.32 Å². The van der Waals surface area contributed by atoms with Crippen LogP contribution in [0.5, 0.6) is 0 Å². The highest BCUT2D eigenvalue weighted by Gasteiger charge is 2.42. The molecule has 0 bridgehead atoms. The van der Waals surface area contributed by atoms with Gasteiger partial charge in [0, 0.05) is 18.5 Å². The van der Waals surface area contributed by atoms with Gasteiger partial charge in [0.15, 0.2) is 6.04 Å². The lowest BCUT2D eigenvalue weighted by Gasteiger charge is -2.20. The van der Waals surface area contributed by atoms with E-state index in [1.807, 2.05) is 31.2 Å². The number of nitrogens with one attached hydrogen (secondary N) is 1. The maximum atomic E-state index is 13.3. The molecule has 1 amide bonds. The van der Waals surface area contributed by atoms with E-state index >= 15 is 0 Å². The molecule has 0 aliphatic heterocycles. The van der Waals surface area contributed by atoms with E-state index in [2.05, 4.69) is 15.5 Å². The molecule has 142 valence electrons. The minimum absolute atomic E-state index is 0.313. The van der Waals surface area contributed by atoms with Crippen molar-refractivity contribution in [1.82, 2.24) is 19.6 Å². The third-order valence-electron chi connectivity index (χ3n) is 4.04. The van der Waals surface area contributed by atoms with E-state index in [9.17, 15) is 18.0 Å². The molecule has 9 heteroatoms. The van der Waals surface area contributed by atoms with Gasteiger partial charge in [-0.2, -0.15) is 23.4 Å². The summed E-state index contributed by atoms with van der Waals surface area (Å²) >= 11 is 0. The number of benzene rings is 1. The van der Waals surface area contributed by atoms with Crippen molar-refractivity contribution in [3.05, 3.63) is 60.0 Å². The molecule has 27 heavy (non-hydrogen) atoms. The molecule has 3 aromatic rings. The van der Waals surface area contributed by atoms with Crippen LogP contribution >= 0.6 is 0 Å². The summed E-state index contributed by atoms with van der Waals surface area (Å²) in [4.78, 5) is 12.3. The van der Waals surface area contributed by atoms with Crippen LogP contribution in [0.15, 0.2) is 48.8 Å². The Hall–Kier alpha value is -3.10. The molecule has 6 nitrogen and oxygen atoms in total. The normalized spacial score (nSPS) is 12.8. The zero-order valence-electron chi connectivity index (χ0n) is 14.7. The molecule has 0 saturated heterocycles. The number of carbonyl (C=O) groups is 1. The Morgan fingerprint density at radius 2 is 1.96 bits per heavy atom. The number of rotatable bonds is 5. The van der Waals surface area contributed by atoms with E-state index < -0.39 is 24.5 Å². The number of para-hydroxylation sites is 1. The summed E-state index contributed by atoms with van der Waals surface area (Å²) in [5, 5.41) is 10.5. The average Bonchev–Trinajstić information content (AvgIpc) is 3.22. The summed E-state index contributed by atoms with van der Waals surface area (Å²) in [5.41, 5.74) is 2.29. The smallest absolute Gasteiger partial charge is 0.311 e. The molecule has 2 aromatic heterocycles. The van der Waals surface area contributed by atoms with Crippen LogP contribution in [0.3, 0.4) is 0 Å². The molecule has 1 N–H and O–H groups in total. The summed E-state index contributed by atoms with van der Waals surface area (Å²) in [6.45, 7) is 3.63. The minimum Gasteiger partial charge on any atom is -0.311 e. The number of hydrogen-bond acceptors (Lipinski definition) is 3. The summed E-state index contributed by atoms with van der Waals surface area (Å²) in [6.07, 6.45) is -2.96. The Morgan fingerprint density at radius 3 is 2.59 bits per heavy atom. The van der Waals surface area contributed by atoms with Gasteiger partial charge < -0.3 is 5.32 Å². The van der Waals surface area contributed by atoms with Crippen LogP contribution in [0, 0.1) is 13.8 Å². The number of anilines is 1. The van der Waals surface area contributed by atoms with Gasteiger partial charge in [0.25, 0.3) is 0 Å². The molecule has 0 fully saturated rings. The molecule has 2 heterocycles. The lowest BCUT2D eigenvalue weighted by atomic mass is 10.2. The Labute approximate surface area is 153 Å². The third-order valence-corrected chi connectivity index (χ3v) is 4.04. The van der Waals surface area contributed by atoms with Crippen molar-refractivity contribution < 1.29 is 18.0 Å². The van der Waals surface area contributed by atoms with Gasteiger partial charge in [-0.25, -0.2) is 4.68 Å². The number of carbonyl (C=O) groups excluding carboxylic acids is 1. The second-order valence-electron chi connectivity index (χ2n) is 6.17. The van der Waals surface area contributed by atoms with Crippen molar-refractivity contribution in [3.63, 3.8) is 0 Å². The molecule has 1 atom stereocenters. The molecule has 0 aliphatic carbocycles. The van der Waals surface area contributed by atoms with Crippen molar-refractivity contribution in [3.8, 4) is 5.69 Å². The fourth-order valence-corrected chi connectivity index (χ4v) is 2.77. The van der Waals surface area contributed by atoms with Gasteiger partial charge >= 0.3 is 6.18 Å². The largest absolute Gasteiger partial charge is 0.411 e. The molecule has 0 aliphatic rings. The summed E-state index contributed by atoms with van der Waals surface area (Å²) in [6, 6.07) is 8.35. The van der Waals surface area contributed by atoms with Gasteiger partial charge in [0.05, 0.1) is 17.8 Å². The minimum atomic E-state index is -4.60. The Kier molecular flexibility index (Phi) is 5.02. The lowest BCUT2D eigenvalue weighted by Crippen LogP contribution is -2.31. The molecule has 0 spiro atoms. The zero-order valence-corrected chi connectivity index (χ0v) is 14.7. The number of aromatic nitrogens is 4. The number of amides is 1. The van der Waals surface area contributed by atoms with Crippen LogP contribution in [0.25, 0.3) is 5.69 Å². The van der Waals surface area contributed by atoms with Gasteiger partial charge in [-0.05, 0) is 31.5 Å². The Morgan fingerprint density at radius 1 is 1.22 bits per heavy atom. The fraction of sp³-hybridized carbons (Fsp3) is 0.278. The Bertz CT molecular complexity index is 931. The van der Waals surface area contributed by atoms with Crippen LogP contribution in [0.1, 0.15) is 23.7 Å². The first-order valence-corrected chi connectivity index (χ1v) is 8.24. The first kappa shape index (κ1) is 18.7. The van der Waals surface area contributed by atoms with E-state index in [0.717, 1.165) is 15.9 Å². The fourth-order valence-electron chi connectivity index (χ4n) is 2.77. The molecular weight excluding hydrogens is 359 g/mol. The van der Waals surface area contributed by atoms with Crippen molar-refractivity contribution in [1.29, 1.82) is 0 Å². The third kappa shape index (κ3) is 4.18. The molecule has 1 unspecified atom stereocenters. The second-order valence-corrected chi connectivity index (χ2v) is 6.17.